The van der Waals surface area contributed by atoms with Gasteiger partial charge in [-0.15, -0.1) is 11.3 Å². The van der Waals surface area contributed by atoms with Crippen molar-refractivity contribution in [3.63, 3.8) is 0 Å². The van der Waals surface area contributed by atoms with Crippen molar-refractivity contribution < 1.29 is 0 Å². The molecule has 2 heteroatoms. The number of aryl methyl sites for hydroxylation is 2. The van der Waals surface area contributed by atoms with Gasteiger partial charge in [-0.1, -0.05) is 27.7 Å². The van der Waals surface area contributed by atoms with Crippen molar-refractivity contribution in [3.05, 3.63) is 21.4 Å². The largest absolute Gasteiger partial charge is 0.312 e. The van der Waals surface area contributed by atoms with Gasteiger partial charge in [0.1, 0.15) is 0 Å². The van der Waals surface area contributed by atoms with Crippen molar-refractivity contribution in [2.24, 2.45) is 11.3 Å². The second-order valence-electron chi connectivity index (χ2n) is 5.69. The van der Waals surface area contributed by atoms with Crippen LogP contribution in [0.1, 0.15) is 43.0 Å². The molecule has 1 N–H and O–H groups in total. The second kappa shape index (κ2) is 5.33. The van der Waals surface area contributed by atoms with Crippen LogP contribution in [0.5, 0.6) is 0 Å². The lowest BCUT2D eigenvalue weighted by molar-refractivity contribution is 0.238. The van der Waals surface area contributed by atoms with E-state index in [0.29, 0.717) is 11.3 Å². The predicted octanol–water partition coefficient (Wildman–Crippen LogP) is 4.14. The number of nitrogens with one attached hydrogen (secondary N) is 1. The number of thiophene rings is 1. The normalized spacial score (nSPS) is 12.4. The topological polar surface area (TPSA) is 12.0 Å². The van der Waals surface area contributed by atoms with Crippen LogP contribution in [0.4, 0.5) is 0 Å². The lowest BCUT2D eigenvalue weighted by Crippen LogP contribution is -2.33. The quantitative estimate of drug-likeness (QED) is 0.814. The third-order valence-corrected chi connectivity index (χ3v) is 4.61. The van der Waals surface area contributed by atoms with E-state index in [-0.39, 0.29) is 0 Å². The van der Waals surface area contributed by atoms with Gasteiger partial charge in [0.2, 0.25) is 0 Å². The van der Waals surface area contributed by atoms with Crippen LogP contribution in [0.25, 0.3) is 0 Å². The maximum absolute atomic E-state index is 3.58. The molecule has 1 aromatic heterocycles. The monoisotopic (exact) mass is 239 g/mol. The van der Waals surface area contributed by atoms with E-state index in [9.17, 15) is 0 Å². The minimum atomic E-state index is 0.374. The Kier molecular flexibility index (Phi) is 4.57. The molecule has 0 fully saturated rings. The molecule has 0 atom stereocenters. The first-order valence-corrected chi connectivity index (χ1v) is 6.91. The van der Waals surface area contributed by atoms with Gasteiger partial charge < -0.3 is 5.32 Å². The Morgan fingerprint density at radius 3 is 2.38 bits per heavy atom. The summed E-state index contributed by atoms with van der Waals surface area (Å²) < 4.78 is 0. The summed E-state index contributed by atoms with van der Waals surface area (Å²) in [5.41, 5.74) is 1.83. The summed E-state index contributed by atoms with van der Waals surface area (Å²) in [4.78, 5) is 2.87. The van der Waals surface area contributed by atoms with Crippen LogP contribution in [0, 0.1) is 25.2 Å². The van der Waals surface area contributed by atoms with Crippen molar-refractivity contribution in [2.45, 2.75) is 48.1 Å². The molecular formula is C14H25NS. The molecule has 0 spiro atoms. The molecular weight excluding hydrogens is 214 g/mol. The highest BCUT2D eigenvalue weighted by Gasteiger charge is 2.21. The fourth-order valence-corrected chi connectivity index (χ4v) is 2.53. The van der Waals surface area contributed by atoms with E-state index in [4.69, 9.17) is 0 Å². The smallest absolute Gasteiger partial charge is 0.0216 e. The summed E-state index contributed by atoms with van der Waals surface area (Å²) in [5, 5.41) is 3.58. The lowest BCUT2D eigenvalue weighted by atomic mass is 9.81. The average Bonchev–Trinajstić information content (AvgIpc) is 2.44. The summed E-state index contributed by atoms with van der Waals surface area (Å²) in [6.07, 6.45) is 0. The molecule has 16 heavy (non-hydrogen) atoms. The predicted molar refractivity (Wildman–Crippen MR) is 74.1 cm³/mol. The van der Waals surface area contributed by atoms with Crippen molar-refractivity contribution in [1.82, 2.24) is 5.32 Å². The highest BCUT2D eigenvalue weighted by atomic mass is 32.1. The third-order valence-electron chi connectivity index (χ3n) is 3.60. The Morgan fingerprint density at radius 1 is 1.31 bits per heavy atom. The first kappa shape index (κ1) is 13.7. The minimum absolute atomic E-state index is 0.374. The van der Waals surface area contributed by atoms with E-state index < -0.39 is 0 Å². The maximum Gasteiger partial charge on any atom is 0.0216 e. The van der Waals surface area contributed by atoms with Crippen molar-refractivity contribution in [2.75, 3.05) is 6.54 Å². The van der Waals surface area contributed by atoms with Crippen LogP contribution >= 0.6 is 11.3 Å². The summed E-state index contributed by atoms with van der Waals surface area (Å²) in [5.74, 6) is 0.713. The molecule has 0 aliphatic heterocycles. The van der Waals surface area contributed by atoms with Gasteiger partial charge in [-0.25, -0.2) is 0 Å². The molecule has 0 unspecified atom stereocenters. The molecule has 0 amide bonds. The number of hydrogen-bond donors (Lipinski definition) is 1. The maximum atomic E-state index is 3.58. The second-order valence-corrected chi connectivity index (χ2v) is 7.15. The number of rotatable bonds is 5. The van der Waals surface area contributed by atoms with Crippen LogP contribution in [-0.2, 0) is 6.54 Å². The zero-order chi connectivity index (χ0) is 12.3. The summed E-state index contributed by atoms with van der Waals surface area (Å²) in [6.45, 7) is 15.7. The zero-order valence-electron chi connectivity index (χ0n) is 11.5. The molecule has 0 aromatic carbocycles. The molecule has 0 radical (unpaired) electrons. The lowest BCUT2D eigenvalue weighted by Gasteiger charge is -2.29. The van der Waals surface area contributed by atoms with E-state index >= 15 is 0 Å². The van der Waals surface area contributed by atoms with E-state index in [2.05, 4.69) is 52.9 Å². The van der Waals surface area contributed by atoms with E-state index in [1.54, 1.807) is 0 Å². The van der Waals surface area contributed by atoms with Gasteiger partial charge in [0, 0.05) is 22.8 Å². The molecule has 1 nitrogen and oxygen atoms in total. The highest BCUT2D eigenvalue weighted by Crippen LogP contribution is 2.25. The van der Waals surface area contributed by atoms with Crippen molar-refractivity contribution >= 4 is 11.3 Å². The van der Waals surface area contributed by atoms with Gasteiger partial charge in [0.05, 0.1) is 0 Å². The molecule has 1 aromatic rings. The van der Waals surface area contributed by atoms with E-state index in [0.717, 1.165) is 13.1 Å². The fourth-order valence-electron chi connectivity index (χ4n) is 1.58. The van der Waals surface area contributed by atoms with Crippen LogP contribution < -0.4 is 5.32 Å². The summed E-state index contributed by atoms with van der Waals surface area (Å²) >= 11 is 1.89. The van der Waals surface area contributed by atoms with Gasteiger partial charge >= 0.3 is 0 Å². The van der Waals surface area contributed by atoms with Gasteiger partial charge in [-0.05, 0) is 36.8 Å². The molecule has 92 valence electrons. The highest BCUT2D eigenvalue weighted by molar-refractivity contribution is 7.12. The molecule has 0 aliphatic carbocycles. The Morgan fingerprint density at radius 2 is 1.94 bits per heavy atom. The molecule has 0 saturated heterocycles. The van der Waals surface area contributed by atoms with Crippen LogP contribution in [0.15, 0.2) is 6.07 Å². The third kappa shape index (κ3) is 3.60. The SMILES string of the molecule is Cc1cc(CNCC(C)(C)C(C)C)c(C)s1. The van der Waals surface area contributed by atoms with E-state index in [1.807, 2.05) is 11.3 Å². The summed E-state index contributed by atoms with van der Waals surface area (Å²) in [6, 6.07) is 2.30. The molecule has 0 saturated carbocycles. The first-order chi connectivity index (χ1) is 7.33. The Labute approximate surface area is 104 Å². The first-order valence-electron chi connectivity index (χ1n) is 6.09. The van der Waals surface area contributed by atoms with Crippen LogP contribution in [-0.4, -0.2) is 6.54 Å². The molecule has 1 heterocycles. The van der Waals surface area contributed by atoms with Gasteiger partial charge in [0.25, 0.3) is 0 Å². The molecule has 0 bridgehead atoms. The van der Waals surface area contributed by atoms with Crippen LogP contribution in [0.3, 0.4) is 0 Å². The van der Waals surface area contributed by atoms with Crippen LogP contribution in [0.2, 0.25) is 0 Å². The van der Waals surface area contributed by atoms with Crippen molar-refractivity contribution in [3.8, 4) is 0 Å². The number of hydrogen-bond acceptors (Lipinski definition) is 2. The van der Waals surface area contributed by atoms with Gasteiger partial charge in [0.15, 0.2) is 0 Å². The van der Waals surface area contributed by atoms with Crippen molar-refractivity contribution in [1.29, 1.82) is 0 Å². The zero-order valence-corrected chi connectivity index (χ0v) is 12.3. The average molecular weight is 239 g/mol. The molecule has 1 rings (SSSR count). The standard InChI is InChI=1S/C14H25NS/c1-10(2)14(5,6)9-15-8-13-7-11(3)16-12(13)4/h7,10,15H,8-9H2,1-6H3. The Hall–Kier alpha value is -0.340. The van der Waals surface area contributed by atoms with E-state index in [1.165, 1.54) is 15.3 Å². The minimum Gasteiger partial charge on any atom is -0.312 e. The molecule has 0 aliphatic rings. The van der Waals surface area contributed by atoms with Gasteiger partial charge in [-0.3, -0.25) is 0 Å². The Balaban J connectivity index is 2.44. The summed E-state index contributed by atoms with van der Waals surface area (Å²) in [7, 11) is 0. The van der Waals surface area contributed by atoms with Gasteiger partial charge in [-0.2, -0.15) is 0 Å². The Bertz CT molecular complexity index is 337. The fraction of sp³-hybridized carbons (Fsp3) is 0.714.